The van der Waals surface area contributed by atoms with Gasteiger partial charge in [-0.2, -0.15) is 0 Å². The molecule has 2 atom stereocenters. The topological polar surface area (TPSA) is 92.1 Å². The van der Waals surface area contributed by atoms with E-state index in [2.05, 4.69) is 0 Å². The summed E-state index contributed by atoms with van der Waals surface area (Å²) in [7, 11) is 1.93. The van der Waals surface area contributed by atoms with Gasteiger partial charge in [0.05, 0.1) is 16.7 Å². The third kappa shape index (κ3) is 4.00. The molecule has 1 aliphatic carbocycles. The number of nitrogens with zero attached hydrogens (tertiary/aromatic N) is 3. The van der Waals surface area contributed by atoms with E-state index in [1.165, 1.54) is 6.07 Å². The molecule has 33 heavy (non-hydrogen) atoms. The van der Waals surface area contributed by atoms with Gasteiger partial charge in [0.2, 0.25) is 5.91 Å². The van der Waals surface area contributed by atoms with Gasteiger partial charge in [-0.1, -0.05) is 23.7 Å². The maximum absolute atomic E-state index is 12.8. The third-order valence-electron chi connectivity index (χ3n) is 6.36. The molecule has 1 amide bonds. The molecule has 1 fully saturated rings. The Bertz CT molecular complexity index is 1410. The van der Waals surface area contributed by atoms with Crippen molar-refractivity contribution >= 4 is 28.5 Å². The summed E-state index contributed by atoms with van der Waals surface area (Å²) in [5, 5.41) is 0.666. The molecule has 168 valence electrons. The molecular weight excluding hydrogens is 440 g/mol. The van der Waals surface area contributed by atoms with Gasteiger partial charge < -0.3 is 15.0 Å². The highest BCUT2D eigenvalue weighted by Crippen LogP contribution is 2.42. The van der Waals surface area contributed by atoms with Crippen LogP contribution in [0.3, 0.4) is 0 Å². The molecular formula is C25H23ClN4O3. The standard InChI is InChI=1S/C25H23ClN4O3/c1-29-22-12-17(6-9-21(22)28-25(29)20-8-7-19(20)24(27)32)30-11-10-18(13-23(30)31)33-14-15-2-4-16(26)5-3-15/h2-6,9-13,19-20H,7-8,14H2,1H3,(H2,27,32). The minimum Gasteiger partial charge on any atom is -0.489 e. The predicted molar refractivity (Wildman–Crippen MR) is 127 cm³/mol. The van der Waals surface area contributed by atoms with Crippen molar-refractivity contribution in [3.05, 3.63) is 87.6 Å². The van der Waals surface area contributed by atoms with Crippen LogP contribution >= 0.6 is 11.6 Å². The number of benzene rings is 2. The molecule has 0 saturated heterocycles. The van der Waals surface area contributed by atoms with E-state index in [9.17, 15) is 9.59 Å². The van der Waals surface area contributed by atoms with Crippen molar-refractivity contribution in [1.82, 2.24) is 14.1 Å². The Kier molecular flexibility index (Phi) is 5.42. The lowest BCUT2D eigenvalue weighted by molar-refractivity contribution is -0.125. The lowest BCUT2D eigenvalue weighted by atomic mass is 9.72. The van der Waals surface area contributed by atoms with Crippen molar-refractivity contribution in [3.8, 4) is 11.4 Å². The van der Waals surface area contributed by atoms with Crippen molar-refractivity contribution in [3.63, 3.8) is 0 Å². The number of carbonyl (C=O) groups excluding carboxylic acids is 1. The summed E-state index contributed by atoms with van der Waals surface area (Å²) in [5.41, 5.74) is 8.74. The van der Waals surface area contributed by atoms with Crippen LogP contribution in [-0.2, 0) is 18.4 Å². The Hall–Kier alpha value is -3.58. The van der Waals surface area contributed by atoms with Gasteiger partial charge in [0.1, 0.15) is 18.2 Å². The molecule has 4 aromatic rings. The number of carbonyl (C=O) groups is 1. The van der Waals surface area contributed by atoms with Crippen LogP contribution in [-0.4, -0.2) is 20.0 Å². The first-order valence-corrected chi connectivity index (χ1v) is 11.1. The summed E-state index contributed by atoms with van der Waals surface area (Å²) in [6.07, 6.45) is 3.40. The average molecular weight is 463 g/mol. The van der Waals surface area contributed by atoms with Crippen LogP contribution in [0, 0.1) is 5.92 Å². The fourth-order valence-corrected chi connectivity index (χ4v) is 4.47. The zero-order valence-corrected chi connectivity index (χ0v) is 18.8. The van der Waals surface area contributed by atoms with Crippen molar-refractivity contribution in [1.29, 1.82) is 0 Å². The molecule has 7 nitrogen and oxygen atoms in total. The Morgan fingerprint density at radius 1 is 1.15 bits per heavy atom. The number of halogens is 1. The summed E-state index contributed by atoms with van der Waals surface area (Å²) < 4.78 is 9.32. The molecule has 8 heteroatoms. The lowest BCUT2D eigenvalue weighted by Crippen LogP contribution is -2.37. The molecule has 2 aromatic heterocycles. The van der Waals surface area contributed by atoms with Gasteiger partial charge in [-0.05, 0) is 54.8 Å². The molecule has 2 N–H and O–H groups in total. The Morgan fingerprint density at radius 3 is 2.61 bits per heavy atom. The maximum atomic E-state index is 12.8. The molecule has 1 saturated carbocycles. The van der Waals surface area contributed by atoms with Crippen LogP contribution in [0.1, 0.15) is 30.1 Å². The first-order chi connectivity index (χ1) is 15.9. The fraction of sp³-hybridized carbons (Fsp3) is 0.240. The van der Waals surface area contributed by atoms with Gasteiger partial charge in [0, 0.05) is 36.2 Å². The van der Waals surface area contributed by atoms with Crippen molar-refractivity contribution in [2.24, 2.45) is 18.7 Å². The second-order valence-corrected chi connectivity index (χ2v) is 8.82. The van der Waals surface area contributed by atoms with E-state index < -0.39 is 0 Å². The monoisotopic (exact) mass is 462 g/mol. The Labute approximate surface area is 195 Å². The quantitative estimate of drug-likeness (QED) is 0.469. The number of primary amides is 1. The van der Waals surface area contributed by atoms with E-state index >= 15 is 0 Å². The van der Waals surface area contributed by atoms with Crippen LogP contribution in [0.25, 0.3) is 16.7 Å². The molecule has 1 aliphatic rings. The minimum absolute atomic E-state index is 0.0446. The number of rotatable bonds is 6. The summed E-state index contributed by atoms with van der Waals surface area (Å²) >= 11 is 5.91. The number of aromatic nitrogens is 3. The van der Waals surface area contributed by atoms with Crippen molar-refractivity contribution < 1.29 is 9.53 Å². The molecule has 0 spiro atoms. The zero-order chi connectivity index (χ0) is 23.1. The van der Waals surface area contributed by atoms with Gasteiger partial charge in [0.15, 0.2) is 0 Å². The Balaban J connectivity index is 1.39. The normalized spacial score (nSPS) is 17.6. The first kappa shape index (κ1) is 21.3. The largest absolute Gasteiger partial charge is 0.489 e. The van der Waals surface area contributed by atoms with Gasteiger partial charge in [0.25, 0.3) is 5.56 Å². The highest BCUT2D eigenvalue weighted by molar-refractivity contribution is 6.30. The smallest absolute Gasteiger partial charge is 0.258 e. The molecule has 5 rings (SSSR count). The molecule has 2 aromatic carbocycles. The molecule has 0 radical (unpaired) electrons. The Morgan fingerprint density at radius 2 is 1.94 bits per heavy atom. The van der Waals surface area contributed by atoms with E-state index in [4.69, 9.17) is 27.1 Å². The number of nitrogens with two attached hydrogens (primary N) is 1. The predicted octanol–water partition coefficient (Wildman–Crippen LogP) is 3.94. The van der Waals surface area contributed by atoms with Gasteiger partial charge in [-0.3, -0.25) is 14.2 Å². The minimum atomic E-state index is -0.274. The second kappa shape index (κ2) is 8.41. The number of pyridine rings is 1. The maximum Gasteiger partial charge on any atom is 0.258 e. The lowest BCUT2D eigenvalue weighted by Gasteiger charge is -2.33. The van der Waals surface area contributed by atoms with Crippen molar-refractivity contribution in [2.45, 2.75) is 25.4 Å². The van der Waals surface area contributed by atoms with Crippen molar-refractivity contribution in [2.75, 3.05) is 0 Å². The number of ether oxygens (including phenoxy) is 1. The van der Waals surface area contributed by atoms with E-state index in [0.29, 0.717) is 17.4 Å². The highest BCUT2D eigenvalue weighted by atomic mass is 35.5. The fourth-order valence-electron chi connectivity index (χ4n) is 4.34. The summed E-state index contributed by atoms with van der Waals surface area (Å²) in [6.45, 7) is 0.345. The molecule has 2 unspecified atom stereocenters. The first-order valence-electron chi connectivity index (χ1n) is 10.8. The average Bonchev–Trinajstić information content (AvgIpc) is 3.07. The van der Waals surface area contributed by atoms with E-state index in [1.807, 2.05) is 41.9 Å². The summed E-state index contributed by atoms with van der Waals surface area (Å²) in [5.74, 6) is 0.961. The number of imidazole rings is 1. The SMILES string of the molecule is Cn1c(C2CCC2C(N)=O)nc2ccc(-n3ccc(OCc4ccc(Cl)cc4)cc3=O)cc21. The highest BCUT2D eigenvalue weighted by Gasteiger charge is 2.39. The number of amides is 1. The molecule has 2 heterocycles. The van der Waals surface area contributed by atoms with Gasteiger partial charge in [-0.15, -0.1) is 0 Å². The number of hydrogen-bond acceptors (Lipinski definition) is 4. The van der Waals surface area contributed by atoms with E-state index in [1.54, 1.807) is 29.0 Å². The molecule has 0 aliphatic heterocycles. The number of fused-ring (bicyclic) bond motifs is 1. The van der Waals surface area contributed by atoms with E-state index in [-0.39, 0.29) is 23.3 Å². The number of aryl methyl sites for hydroxylation is 1. The van der Waals surface area contributed by atoms with Crippen LogP contribution in [0.2, 0.25) is 5.02 Å². The molecule has 0 bridgehead atoms. The van der Waals surface area contributed by atoms with Crippen LogP contribution in [0.15, 0.2) is 65.6 Å². The van der Waals surface area contributed by atoms with Gasteiger partial charge >= 0.3 is 0 Å². The van der Waals surface area contributed by atoms with Gasteiger partial charge in [-0.25, -0.2) is 4.98 Å². The second-order valence-electron chi connectivity index (χ2n) is 8.38. The van der Waals surface area contributed by atoms with Crippen LogP contribution < -0.4 is 16.0 Å². The summed E-state index contributed by atoms with van der Waals surface area (Å²) in [4.78, 5) is 29.2. The third-order valence-corrected chi connectivity index (χ3v) is 6.61. The van der Waals surface area contributed by atoms with Crippen LogP contribution in [0.5, 0.6) is 5.75 Å². The zero-order valence-electron chi connectivity index (χ0n) is 18.1. The summed E-state index contributed by atoms with van der Waals surface area (Å²) in [6, 6.07) is 16.3. The van der Waals surface area contributed by atoms with E-state index in [0.717, 1.165) is 41.0 Å². The number of hydrogen-bond donors (Lipinski definition) is 1. The van der Waals surface area contributed by atoms with Crippen LogP contribution in [0.4, 0.5) is 0 Å².